The molecule has 0 bridgehead atoms. The Balaban J connectivity index is 1.71. The van der Waals surface area contributed by atoms with Crippen molar-refractivity contribution in [1.82, 2.24) is 4.31 Å². The molecule has 7 nitrogen and oxygen atoms in total. The van der Waals surface area contributed by atoms with E-state index in [0.717, 1.165) is 22.8 Å². The number of piperazine rings is 1. The summed E-state index contributed by atoms with van der Waals surface area (Å²) in [7, 11) is -1.99. The molecule has 9 heteroatoms. The Morgan fingerprint density at radius 1 is 1.20 bits per heavy atom. The van der Waals surface area contributed by atoms with Gasteiger partial charge in [-0.25, -0.2) is 8.42 Å². The van der Waals surface area contributed by atoms with Crippen LogP contribution >= 0.6 is 11.3 Å². The van der Waals surface area contributed by atoms with Crippen LogP contribution in [0.3, 0.4) is 0 Å². The molecule has 1 aliphatic rings. The lowest BCUT2D eigenvalue weighted by atomic mass is 10.2. The summed E-state index contributed by atoms with van der Waals surface area (Å²) >= 11 is 1.05. The quantitative estimate of drug-likeness (QED) is 0.844. The van der Waals surface area contributed by atoms with Crippen molar-refractivity contribution in [3.8, 4) is 5.75 Å². The topological polar surface area (TPSA) is 92.9 Å². The number of hydrogen-bond donors (Lipinski definition) is 1. The first-order valence-electron chi connectivity index (χ1n) is 7.69. The molecule has 0 atom stereocenters. The molecule has 134 valence electrons. The molecule has 0 radical (unpaired) electrons. The highest BCUT2D eigenvalue weighted by Crippen LogP contribution is 2.26. The Kier molecular flexibility index (Phi) is 4.98. The van der Waals surface area contributed by atoms with Crippen LogP contribution in [0.5, 0.6) is 5.75 Å². The van der Waals surface area contributed by atoms with Crippen molar-refractivity contribution in [3.63, 3.8) is 0 Å². The first-order valence-corrected chi connectivity index (χ1v) is 10.0. The number of thiophene rings is 1. The molecule has 0 saturated carbocycles. The fourth-order valence-corrected chi connectivity index (χ4v) is 5.26. The van der Waals surface area contributed by atoms with Crippen LogP contribution < -0.4 is 15.4 Å². The number of amides is 1. The summed E-state index contributed by atoms with van der Waals surface area (Å²) in [5, 5.41) is 1.46. The minimum absolute atomic E-state index is 0.126. The zero-order valence-corrected chi connectivity index (χ0v) is 15.3. The highest BCUT2D eigenvalue weighted by atomic mass is 32.2. The van der Waals surface area contributed by atoms with Crippen LogP contribution in [0.1, 0.15) is 9.67 Å². The smallest absolute Gasteiger partial charge is 0.258 e. The van der Waals surface area contributed by atoms with Crippen LogP contribution in [-0.4, -0.2) is 51.9 Å². The number of rotatable bonds is 5. The molecule has 1 fully saturated rings. The van der Waals surface area contributed by atoms with Gasteiger partial charge in [0.1, 0.15) is 5.75 Å². The summed E-state index contributed by atoms with van der Waals surface area (Å²) in [4.78, 5) is 13.7. The zero-order valence-electron chi connectivity index (χ0n) is 13.7. The second-order valence-electron chi connectivity index (χ2n) is 5.60. The van der Waals surface area contributed by atoms with Gasteiger partial charge in [-0.1, -0.05) is 6.07 Å². The minimum Gasteiger partial charge on any atom is -0.497 e. The average Bonchev–Trinajstić information content (AvgIpc) is 3.13. The molecular formula is C16H19N3O4S2. The summed E-state index contributed by atoms with van der Waals surface area (Å²) in [5.74, 6) is 0.152. The Labute approximate surface area is 150 Å². The van der Waals surface area contributed by atoms with Crippen molar-refractivity contribution in [2.45, 2.75) is 4.90 Å². The second-order valence-corrected chi connectivity index (χ2v) is 8.45. The number of sulfonamides is 1. The number of benzene rings is 1. The molecule has 0 aliphatic carbocycles. The number of primary amides is 1. The number of methoxy groups -OCH3 is 1. The van der Waals surface area contributed by atoms with E-state index in [9.17, 15) is 13.2 Å². The van der Waals surface area contributed by atoms with Crippen LogP contribution in [0.4, 0.5) is 5.69 Å². The maximum atomic E-state index is 12.7. The van der Waals surface area contributed by atoms with E-state index < -0.39 is 15.9 Å². The normalized spacial score (nSPS) is 16.0. The number of nitrogens with two attached hydrogens (primary N) is 1. The van der Waals surface area contributed by atoms with E-state index in [0.29, 0.717) is 26.2 Å². The van der Waals surface area contributed by atoms with Gasteiger partial charge in [0.05, 0.1) is 16.9 Å². The molecule has 1 aliphatic heterocycles. The van der Waals surface area contributed by atoms with Gasteiger partial charge in [-0.2, -0.15) is 4.31 Å². The fraction of sp³-hybridized carbons (Fsp3) is 0.312. The summed E-state index contributed by atoms with van der Waals surface area (Å²) in [6, 6.07) is 9.04. The predicted molar refractivity (Wildman–Crippen MR) is 96.8 cm³/mol. The van der Waals surface area contributed by atoms with Crippen LogP contribution in [-0.2, 0) is 10.0 Å². The average molecular weight is 381 g/mol. The molecule has 0 spiro atoms. The molecule has 0 unspecified atom stereocenters. The predicted octanol–water partition coefficient (Wildman–Crippen LogP) is 1.37. The third-order valence-corrected chi connectivity index (χ3v) is 7.08. The lowest BCUT2D eigenvalue weighted by Gasteiger charge is -2.35. The van der Waals surface area contributed by atoms with Crippen molar-refractivity contribution < 1.29 is 17.9 Å². The van der Waals surface area contributed by atoms with Crippen molar-refractivity contribution >= 4 is 33.0 Å². The summed E-state index contributed by atoms with van der Waals surface area (Å²) in [6.45, 7) is 1.92. The Bertz CT molecular complexity index is 871. The van der Waals surface area contributed by atoms with Gasteiger partial charge in [-0.15, -0.1) is 11.3 Å². The number of anilines is 1. The molecule has 1 aromatic carbocycles. The zero-order chi connectivity index (χ0) is 18.0. The molecular weight excluding hydrogens is 362 g/mol. The first-order chi connectivity index (χ1) is 11.9. The van der Waals surface area contributed by atoms with Gasteiger partial charge in [-0.05, 0) is 18.2 Å². The van der Waals surface area contributed by atoms with Crippen LogP contribution in [0.25, 0.3) is 0 Å². The minimum atomic E-state index is -3.61. The van der Waals surface area contributed by atoms with Crippen LogP contribution in [0.15, 0.2) is 40.6 Å². The number of ether oxygens (including phenoxy) is 1. The molecule has 1 amide bonds. The van der Waals surface area contributed by atoms with Gasteiger partial charge >= 0.3 is 0 Å². The summed E-state index contributed by atoms with van der Waals surface area (Å²) in [6.07, 6.45) is 0. The molecule has 25 heavy (non-hydrogen) atoms. The fourth-order valence-electron chi connectivity index (χ4n) is 2.73. The van der Waals surface area contributed by atoms with E-state index in [1.807, 2.05) is 24.3 Å². The largest absolute Gasteiger partial charge is 0.497 e. The second kappa shape index (κ2) is 7.03. The van der Waals surface area contributed by atoms with E-state index in [-0.39, 0.29) is 9.77 Å². The monoisotopic (exact) mass is 381 g/mol. The van der Waals surface area contributed by atoms with Gasteiger partial charge in [0.2, 0.25) is 10.0 Å². The SMILES string of the molecule is COc1cccc(N2CCN(S(=O)(=O)c3csc(C(N)=O)c3)CC2)c1. The number of hydrogen-bond acceptors (Lipinski definition) is 6. The van der Waals surface area contributed by atoms with Gasteiger partial charge in [0, 0.05) is 43.3 Å². The summed E-state index contributed by atoms with van der Waals surface area (Å²) in [5.41, 5.74) is 6.20. The molecule has 2 aromatic rings. The molecule has 1 aromatic heterocycles. The van der Waals surface area contributed by atoms with E-state index in [1.165, 1.54) is 15.8 Å². The number of carbonyl (C=O) groups excluding carboxylic acids is 1. The lowest BCUT2D eigenvalue weighted by molar-refractivity contribution is 0.100. The standard InChI is InChI=1S/C16H19N3O4S2/c1-23-13-4-2-3-12(9-13)18-5-7-19(8-6-18)25(21,22)14-10-15(16(17)20)24-11-14/h2-4,9-11H,5-8H2,1H3,(H2,17,20). The van der Waals surface area contributed by atoms with Crippen molar-refractivity contribution in [1.29, 1.82) is 0 Å². The van der Waals surface area contributed by atoms with E-state index in [1.54, 1.807) is 7.11 Å². The van der Waals surface area contributed by atoms with Gasteiger partial charge in [-0.3, -0.25) is 4.79 Å². The van der Waals surface area contributed by atoms with Crippen molar-refractivity contribution in [2.75, 3.05) is 38.2 Å². The van der Waals surface area contributed by atoms with Gasteiger partial charge in [0.15, 0.2) is 0 Å². The van der Waals surface area contributed by atoms with E-state index in [4.69, 9.17) is 10.5 Å². The molecule has 1 saturated heterocycles. The van der Waals surface area contributed by atoms with Crippen LogP contribution in [0, 0.1) is 0 Å². The third-order valence-electron chi connectivity index (χ3n) is 4.11. The maximum absolute atomic E-state index is 12.7. The molecule has 2 heterocycles. The van der Waals surface area contributed by atoms with Crippen molar-refractivity contribution in [2.24, 2.45) is 5.73 Å². The van der Waals surface area contributed by atoms with E-state index in [2.05, 4.69) is 4.90 Å². The molecule has 3 rings (SSSR count). The Morgan fingerprint density at radius 3 is 2.52 bits per heavy atom. The first kappa shape index (κ1) is 17.7. The lowest BCUT2D eigenvalue weighted by Crippen LogP contribution is -2.48. The number of nitrogens with zero attached hydrogens (tertiary/aromatic N) is 2. The Morgan fingerprint density at radius 2 is 1.92 bits per heavy atom. The van der Waals surface area contributed by atoms with E-state index >= 15 is 0 Å². The Hall–Kier alpha value is -2.10. The third kappa shape index (κ3) is 3.63. The molecule has 2 N–H and O–H groups in total. The van der Waals surface area contributed by atoms with Crippen LogP contribution in [0.2, 0.25) is 0 Å². The maximum Gasteiger partial charge on any atom is 0.258 e. The highest BCUT2D eigenvalue weighted by molar-refractivity contribution is 7.89. The van der Waals surface area contributed by atoms with Crippen molar-refractivity contribution in [3.05, 3.63) is 40.6 Å². The highest BCUT2D eigenvalue weighted by Gasteiger charge is 2.29. The number of carbonyl (C=O) groups is 1. The van der Waals surface area contributed by atoms with Gasteiger partial charge in [0.25, 0.3) is 5.91 Å². The summed E-state index contributed by atoms with van der Waals surface area (Å²) < 4.78 is 32.1. The van der Waals surface area contributed by atoms with Gasteiger partial charge < -0.3 is 15.4 Å².